The van der Waals surface area contributed by atoms with E-state index in [1.165, 1.54) is 14.2 Å². The van der Waals surface area contributed by atoms with E-state index in [4.69, 9.17) is 9.47 Å². The molecule has 0 fully saturated rings. The maximum atomic E-state index is 12.1. The molecule has 3 aromatic rings. The lowest BCUT2D eigenvalue weighted by atomic mass is 10.0. The molecule has 0 saturated heterocycles. The molecule has 0 aliphatic carbocycles. The lowest BCUT2D eigenvalue weighted by Crippen LogP contribution is -2.15. The fourth-order valence-corrected chi connectivity index (χ4v) is 3.46. The van der Waals surface area contributed by atoms with Crippen LogP contribution in [0.25, 0.3) is 21.8 Å². The van der Waals surface area contributed by atoms with Gasteiger partial charge in [0.1, 0.15) is 11.8 Å². The number of carbonyl (C=O) groups excluding carboxylic acids is 2. The molecule has 26 heavy (non-hydrogen) atoms. The van der Waals surface area contributed by atoms with Crippen LogP contribution in [-0.2, 0) is 20.8 Å². The van der Waals surface area contributed by atoms with Crippen molar-refractivity contribution >= 4 is 33.7 Å². The second-order valence-corrected chi connectivity index (χ2v) is 5.96. The SMILES string of the molecule is COC(=O)C1=CCn2c3ccccc3c3cc(C(=O)OC)nc(c32)C1O. The van der Waals surface area contributed by atoms with Crippen LogP contribution in [-0.4, -0.2) is 40.8 Å². The average molecular weight is 352 g/mol. The number of ether oxygens (including phenoxy) is 2. The fourth-order valence-electron chi connectivity index (χ4n) is 3.46. The van der Waals surface area contributed by atoms with E-state index < -0.39 is 18.0 Å². The Balaban J connectivity index is 2.11. The number of esters is 2. The van der Waals surface area contributed by atoms with Gasteiger partial charge in [0.25, 0.3) is 0 Å². The molecule has 7 nitrogen and oxygen atoms in total. The number of para-hydroxylation sites is 1. The molecule has 0 bridgehead atoms. The topological polar surface area (TPSA) is 90.7 Å². The quantitative estimate of drug-likeness (QED) is 0.711. The number of carbonyl (C=O) groups is 2. The minimum Gasteiger partial charge on any atom is -0.466 e. The van der Waals surface area contributed by atoms with Gasteiger partial charge in [0.2, 0.25) is 0 Å². The predicted molar refractivity (Wildman–Crippen MR) is 93.6 cm³/mol. The normalized spacial score (nSPS) is 16.3. The Kier molecular flexibility index (Phi) is 3.73. The van der Waals surface area contributed by atoms with Crippen LogP contribution in [0.1, 0.15) is 22.3 Å². The van der Waals surface area contributed by atoms with Gasteiger partial charge in [0.05, 0.1) is 31.0 Å². The van der Waals surface area contributed by atoms with Crippen molar-refractivity contribution in [1.29, 1.82) is 0 Å². The van der Waals surface area contributed by atoms with Crippen molar-refractivity contribution in [1.82, 2.24) is 9.55 Å². The first-order valence-electron chi connectivity index (χ1n) is 8.03. The predicted octanol–water partition coefficient (Wildman–Crippen LogP) is 2.12. The molecule has 1 atom stereocenters. The van der Waals surface area contributed by atoms with Gasteiger partial charge in [-0.15, -0.1) is 0 Å². The van der Waals surface area contributed by atoms with E-state index in [0.29, 0.717) is 12.1 Å². The molecule has 0 saturated carbocycles. The molecule has 1 aromatic carbocycles. The third-order valence-corrected chi connectivity index (χ3v) is 4.64. The van der Waals surface area contributed by atoms with E-state index in [2.05, 4.69) is 4.98 Å². The second kappa shape index (κ2) is 5.96. The highest BCUT2D eigenvalue weighted by Gasteiger charge is 2.30. The lowest BCUT2D eigenvalue weighted by molar-refractivity contribution is -0.137. The molecule has 2 aromatic heterocycles. The fraction of sp³-hybridized carbons (Fsp3) is 0.211. The van der Waals surface area contributed by atoms with Crippen molar-refractivity contribution in [3.63, 3.8) is 0 Å². The molecular weight excluding hydrogens is 336 g/mol. The van der Waals surface area contributed by atoms with Crippen molar-refractivity contribution in [2.45, 2.75) is 12.6 Å². The van der Waals surface area contributed by atoms with E-state index in [0.717, 1.165) is 16.3 Å². The average Bonchev–Trinajstić information content (AvgIpc) is 2.91. The first-order chi connectivity index (χ1) is 12.6. The summed E-state index contributed by atoms with van der Waals surface area (Å²) in [6, 6.07) is 9.35. The maximum absolute atomic E-state index is 12.1. The standard InChI is InChI=1S/C19H16N2O5/c1-25-18(23)11-7-8-21-14-6-4-3-5-10(14)12-9-13(19(24)26-2)20-15(16(12)21)17(11)22/h3-7,9,17,22H,8H2,1-2H3. The van der Waals surface area contributed by atoms with Gasteiger partial charge < -0.3 is 19.1 Å². The Hall–Kier alpha value is -3.19. The van der Waals surface area contributed by atoms with Crippen LogP contribution in [0, 0.1) is 0 Å². The molecule has 0 radical (unpaired) electrons. The molecule has 0 spiro atoms. The number of benzene rings is 1. The molecule has 4 rings (SSSR count). The van der Waals surface area contributed by atoms with Crippen LogP contribution in [0.2, 0.25) is 0 Å². The molecular formula is C19H16N2O5. The molecule has 132 valence electrons. The van der Waals surface area contributed by atoms with E-state index in [9.17, 15) is 14.7 Å². The number of aliphatic hydroxyl groups is 1. The third kappa shape index (κ3) is 2.21. The number of aromatic nitrogens is 2. The number of nitrogens with zero attached hydrogens (tertiary/aromatic N) is 2. The number of fused-ring (bicyclic) bond motifs is 3. The summed E-state index contributed by atoms with van der Waals surface area (Å²) in [5.41, 5.74) is 2.00. The Morgan fingerprint density at radius 2 is 1.88 bits per heavy atom. The van der Waals surface area contributed by atoms with E-state index in [1.807, 2.05) is 28.8 Å². The van der Waals surface area contributed by atoms with Gasteiger partial charge in [-0.25, -0.2) is 14.6 Å². The van der Waals surface area contributed by atoms with Crippen LogP contribution in [0.4, 0.5) is 0 Å². The highest BCUT2D eigenvalue weighted by Crippen LogP contribution is 2.37. The van der Waals surface area contributed by atoms with E-state index in [1.54, 1.807) is 12.1 Å². The smallest absolute Gasteiger partial charge is 0.356 e. The van der Waals surface area contributed by atoms with Gasteiger partial charge in [-0.1, -0.05) is 24.3 Å². The number of pyridine rings is 1. The van der Waals surface area contributed by atoms with Gasteiger partial charge in [0, 0.05) is 22.8 Å². The van der Waals surface area contributed by atoms with Crippen LogP contribution in [0.15, 0.2) is 42.0 Å². The molecule has 3 heterocycles. The Bertz CT molecular complexity index is 1100. The van der Waals surface area contributed by atoms with E-state index in [-0.39, 0.29) is 17.0 Å². The monoisotopic (exact) mass is 352 g/mol. The summed E-state index contributed by atoms with van der Waals surface area (Å²) < 4.78 is 11.5. The molecule has 7 heteroatoms. The number of methoxy groups -OCH3 is 2. The maximum Gasteiger partial charge on any atom is 0.356 e. The zero-order chi connectivity index (χ0) is 18.4. The summed E-state index contributed by atoms with van der Waals surface area (Å²) >= 11 is 0. The van der Waals surface area contributed by atoms with Gasteiger partial charge in [-0.3, -0.25) is 0 Å². The largest absolute Gasteiger partial charge is 0.466 e. The summed E-state index contributed by atoms with van der Waals surface area (Å²) in [5, 5.41) is 12.5. The number of hydrogen-bond acceptors (Lipinski definition) is 6. The summed E-state index contributed by atoms with van der Waals surface area (Å²) in [7, 11) is 2.52. The first-order valence-corrected chi connectivity index (χ1v) is 8.03. The van der Waals surface area contributed by atoms with Crippen LogP contribution < -0.4 is 0 Å². The number of aliphatic hydroxyl groups excluding tert-OH is 1. The minimum atomic E-state index is -1.31. The van der Waals surface area contributed by atoms with Crippen molar-refractivity contribution < 1.29 is 24.2 Å². The number of hydrogen-bond donors (Lipinski definition) is 1. The Morgan fingerprint density at radius 1 is 1.15 bits per heavy atom. The van der Waals surface area contributed by atoms with E-state index >= 15 is 0 Å². The van der Waals surface area contributed by atoms with Gasteiger partial charge in [0.15, 0.2) is 0 Å². The summed E-state index contributed by atoms with van der Waals surface area (Å²) in [6.45, 7) is 0.373. The van der Waals surface area contributed by atoms with Crippen molar-refractivity contribution in [3.8, 4) is 0 Å². The van der Waals surface area contributed by atoms with Gasteiger partial charge in [-0.2, -0.15) is 0 Å². The third-order valence-electron chi connectivity index (χ3n) is 4.64. The zero-order valence-corrected chi connectivity index (χ0v) is 14.2. The van der Waals surface area contributed by atoms with Gasteiger partial charge in [-0.05, 0) is 12.1 Å². The lowest BCUT2D eigenvalue weighted by Gasteiger charge is -2.13. The van der Waals surface area contributed by atoms with Crippen LogP contribution >= 0.6 is 0 Å². The van der Waals surface area contributed by atoms with Crippen LogP contribution in [0.5, 0.6) is 0 Å². The Labute approximate surface area is 148 Å². The molecule has 1 aliphatic rings. The van der Waals surface area contributed by atoms with Crippen molar-refractivity contribution in [2.24, 2.45) is 0 Å². The van der Waals surface area contributed by atoms with Crippen molar-refractivity contribution in [3.05, 3.63) is 53.4 Å². The molecule has 1 aliphatic heterocycles. The van der Waals surface area contributed by atoms with Crippen molar-refractivity contribution in [2.75, 3.05) is 14.2 Å². The highest BCUT2D eigenvalue weighted by molar-refractivity contribution is 6.11. The highest BCUT2D eigenvalue weighted by atomic mass is 16.5. The minimum absolute atomic E-state index is 0.0723. The first kappa shape index (κ1) is 16.3. The molecule has 1 unspecified atom stereocenters. The Morgan fingerprint density at radius 3 is 2.62 bits per heavy atom. The summed E-state index contributed by atoms with van der Waals surface area (Å²) in [6.07, 6.45) is 0.321. The summed E-state index contributed by atoms with van der Waals surface area (Å²) in [4.78, 5) is 28.5. The molecule has 0 amide bonds. The second-order valence-electron chi connectivity index (χ2n) is 5.96. The number of rotatable bonds is 2. The van der Waals surface area contributed by atoms with Gasteiger partial charge >= 0.3 is 11.9 Å². The molecule has 1 N–H and O–H groups in total. The zero-order valence-electron chi connectivity index (χ0n) is 14.2. The number of allylic oxidation sites excluding steroid dienone is 1. The van der Waals surface area contributed by atoms with Crippen LogP contribution in [0.3, 0.4) is 0 Å². The summed E-state index contributed by atoms with van der Waals surface area (Å²) in [5.74, 6) is -1.24.